The highest BCUT2D eigenvalue weighted by atomic mass is 32.1. The smallest absolute Gasteiger partial charge is 0.265 e. The molecule has 0 spiro atoms. The summed E-state index contributed by atoms with van der Waals surface area (Å²) >= 11 is 1.63. The molecule has 1 aliphatic heterocycles. The summed E-state index contributed by atoms with van der Waals surface area (Å²) in [7, 11) is 0. The maximum atomic E-state index is 12.8. The van der Waals surface area contributed by atoms with Gasteiger partial charge in [-0.05, 0) is 55.2 Å². The predicted octanol–water partition coefficient (Wildman–Crippen LogP) is 5.09. The number of carbonyl (C=O) groups excluding carboxylic acids is 2. The summed E-state index contributed by atoms with van der Waals surface area (Å²) < 4.78 is 5.60. The van der Waals surface area contributed by atoms with Gasteiger partial charge in [-0.15, -0.1) is 11.3 Å². The van der Waals surface area contributed by atoms with Crippen molar-refractivity contribution in [3.8, 4) is 17.0 Å². The van der Waals surface area contributed by atoms with Gasteiger partial charge in [-0.25, -0.2) is 4.98 Å². The Balaban J connectivity index is 1.55. The Kier molecular flexibility index (Phi) is 5.77. The molecule has 0 bridgehead atoms. The number of anilines is 2. The maximum absolute atomic E-state index is 12.8. The van der Waals surface area contributed by atoms with Gasteiger partial charge in [-0.2, -0.15) is 0 Å². The quantitative estimate of drug-likeness (QED) is 0.602. The largest absolute Gasteiger partial charge is 0.482 e. The topological polar surface area (TPSA) is 71.5 Å². The Morgan fingerprint density at radius 3 is 2.50 bits per heavy atom. The van der Waals surface area contributed by atoms with Crippen LogP contribution in [0.3, 0.4) is 0 Å². The van der Waals surface area contributed by atoms with E-state index in [1.165, 1.54) is 10.5 Å². The Morgan fingerprint density at radius 1 is 1.16 bits per heavy atom. The van der Waals surface area contributed by atoms with E-state index in [0.29, 0.717) is 17.1 Å². The van der Waals surface area contributed by atoms with E-state index in [0.717, 1.165) is 21.1 Å². The average molecular weight is 450 g/mol. The molecule has 0 saturated heterocycles. The molecule has 0 fully saturated rings. The number of hydrogen-bond donors (Lipinski definition) is 1. The number of fused-ring (bicyclic) bond motifs is 1. The maximum Gasteiger partial charge on any atom is 0.265 e. The highest BCUT2D eigenvalue weighted by molar-refractivity contribution is 7.11. The third-order valence-electron chi connectivity index (χ3n) is 5.42. The lowest BCUT2D eigenvalue weighted by atomic mass is 9.87. The fraction of sp³-hybridized carbons (Fsp3) is 0.320. The van der Waals surface area contributed by atoms with E-state index in [2.05, 4.69) is 31.1 Å². The summed E-state index contributed by atoms with van der Waals surface area (Å²) in [4.78, 5) is 32.6. The van der Waals surface area contributed by atoms with Gasteiger partial charge < -0.3 is 10.1 Å². The molecule has 32 heavy (non-hydrogen) atoms. The summed E-state index contributed by atoms with van der Waals surface area (Å²) in [5.74, 6) is 0.0696. The monoisotopic (exact) mass is 449 g/mol. The van der Waals surface area contributed by atoms with E-state index in [4.69, 9.17) is 4.74 Å². The van der Waals surface area contributed by atoms with Crippen LogP contribution in [0.25, 0.3) is 11.3 Å². The van der Waals surface area contributed by atoms with E-state index in [9.17, 15) is 9.59 Å². The summed E-state index contributed by atoms with van der Waals surface area (Å²) in [5, 5.41) is 3.88. The van der Waals surface area contributed by atoms with Crippen molar-refractivity contribution in [2.45, 2.75) is 40.0 Å². The van der Waals surface area contributed by atoms with Gasteiger partial charge in [0.05, 0.1) is 16.4 Å². The molecule has 3 aromatic rings. The Bertz CT molecular complexity index is 1180. The predicted molar refractivity (Wildman–Crippen MR) is 129 cm³/mol. The normalized spacial score (nSPS) is 13.5. The van der Waals surface area contributed by atoms with Crippen LogP contribution < -0.4 is 15.0 Å². The Labute approximate surface area is 192 Å². The van der Waals surface area contributed by atoms with Crippen molar-refractivity contribution < 1.29 is 14.3 Å². The summed E-state index contributed by atoms with van der Waals surface area (Å²) in [6.45, 7) is 10.2. The number of nitrogens with one attached hydrogen (secondary N) is 1. The fourth-order valence-corrected chi connectivity index (χ4v) is 4.56. The molecule has 0 aliphatic carbocycles. The first-order valence-corrected chi connectivity index (χ1v) is 11.4. The zero-order chi connectivity index (χ0) is 23.0. The molecule has 0 unspecified atom stereocenters. The first-order chi connectivity index (χ1) is 15.1. The number of rotatable bonds is 4. The molecule has 7 heteroatoms. The van der Waals surface area contributed by atoms with Crippen LogP contribution in [0, 0.1) is 13.8 Å². The van der Waals surface area contributed by atoms with Crippen LogP contribution in [0.1, 0.15) is 36.2 Å². The second kappa shape index (κ2) is 8.39. The number of benzene rings is 2. The first kappa shape index (κ1) is 22.0. The fourth-order valence-electron chi connectivity index (χ4n) is 3.72. The molecule has 6 nitrogen and oxygen atoms in total. The standard InChI is InChI=1S/C25H27N3O3S/c1-15-24(26-16(2)32-15)17-6-11-21-20(12-17)28(23(30)14-31-21)13-22(29)27-19-9-7-18(8-10-19)25(3,4)5/h6-12H,13-14H2,1-5H3,(H,27,29). The van der Waals surface area contributed by atoms with E-state index in [1.807, 2.05) is 56.3 Å². The number of carbonyl (C=O) groups is 2. The number of nitrogens with zero attached hydrogens (tertiary/aromatic N) is 2. The van der Waals surface area contributed by atoms with E-state index < -0.39 is 0 Å². The molecule has 4 rings (SSSR count). The molecular formula is C25H27N3O3S. The highest BCUT2D eigenvalue weighted by Crippen LogP contribution is 2.37. The van der Waals surface area contributed by atoms with Crippen molar-refractivity contribution in [3.63, 3.8) is 0 Å². The minimum Gasteiger partial charge on any atom is -0.482 e. The second-order valence-electron chi connectivity index (χ2n) is 8.96. The van der Waals surface area contributed by atoms with E-state index in [-0.39, 0.29) is 30.4 Å². The van der Waals surface area contributed by atoms with Crippen LogP contribution in [-0.4, -0.2) is 29.9 Å². The minimum absolute atomic E-state index is 0.0401. The number of amides is 2. The van der Waals surface area contributed by atoms with Crippen molar-refractivity contribution in [2.24, 2.45) is 0 Å². The summed E-state index contributed by atoms with van der Waals surface area (Å²) in [6.07, 6.45) is 0. The lowest BCUT2D eigenvalue weighted by Crippen LogP contribution is -2.43. The van der Waals surface area contributed by atoms with Crippen molar-refractivity contribution in [1.82, 2.24) is 4.98 Å². The van der Waals surface area contributed by atoms with Gasteiger partial charge in [0.25, 0.3) is 5.91 Å². The lowest BCUT2D eigenvalue weighted by Gasteiger charge is -2.29. The summed E-state index contributed by atoms with van der Waals surface area (Å²) in [6, 6.07) is 13.4. The molecule has 1 aliphatic rings. The van der Waals surface area contributed by atoms with Crippen LogP contribution in [0.2, 0.25) is 0 Å². The number of ether oxygens (including phenoxy) is 1. The first-order valence-electron chi connectivity index (χ1n) is 10.5. The molecule has 0 atom stereocenters. The minimum atomic E-state index is -0.263. The van der Waals surface area contributed by atoms with Gasteiger partial charge in [-0.3, -0.25) is 14.5 Å². The molecule has 0 saturated carbocycles. The van der Waals surface area contributed by atoms with Crippen LogP contribution in [0.15, 0.2) is 42.5 Å². The van der Waals surface area contributed by atoms with Crippen LogP contribution in [-0.2, 0) is 15.0 Å². The van der Waals surface area contributed by atoms with Crippen LogP contribution >= 0.6 is 11.3 Å². The molecule has 2 amide bonds. The molecule has 1 aromatic heterocycles. The number of aryl methyl sites for hydroxylation is 2. The zero-order valence-corrected chi connectivity index (χ0v) is 19.8. The van der Waals surface area contributed by atoms with E-state index >= 15 is 0 Å². The Morgan fingerprint density at radius 2 is 1.88 bits per heavy atom. The van der Waals surface area contributed by atoms with E-state index in [1.54, 1.807) is 11.3 Å². The second-order valence-corrected chi connectivity index (χ2v) is 10.4. The molecule has 0 radical (unpaired) electrons. The highest BCUT2D eigenvalue weighted by Gasteiger charge is 2.28. The summed E-state index contributed by atoms with van der Waals surface area (Å²) in [5.41, 5.74) is 4.29. The van der Waals surface area contributed by atoms with Gasteiger partial charge in [-0.1, -0.05) is 32.9 Å². The van der Waals surface area contributed by atoms with Gasteiger partial charge in [0.2, 0.25) is 5.91 Å². The van der Waals surface area contributed by atoms with Gasteiger partial charge in [0, 0.05) is 16.1 Å². The van der Waals surface area contributed by atoms with Gasteiger partial charge in [0.1, 0.15) is 12.3 Å². The number of hydrogen-bond acceptors (Lipinski definition) is 5. The SMILES string of the molecule is Cc1nc(-c2ccc3c(c2)N(CC(=O)Nc2ccc(C(C)(C)C)cc2)C(=O)CO3)c(C)s1. The van der Waals surface area contributed by atoms with Crippen molar-refractivity contribution in [1.29, 1.82) is 0 Å². The van der Waals surface area contributed by atoms with Gasteiger partial charge in [0.15, 0.2) is 6.61 Å². The third-order valence-corrected chi connectivity index (χ3v) is 6.30. The third kappa shape index (κ3) is 4.53. The average Bonchev–Trinajstić information content (AvgIpc) is 3.07. The lowest BCUT2D eigenvalue weighted by molar-refractivity contribution is -0.123. The molecule has 2 aromatic carbocycles. The molecule has 1 N–H and O–H groups in total. The number of aromatic nitrogens is 1. The molecule has 2 heterocycles. The molecular weight excluding hydrogens is 422 g/mol. The van der Waals surface area contributed by atoms with Gasteiger partial charge >= 0.3 is 0 Å². The zero-order valence-electron chi connectivity index (χ0n) is 19.0. The van der Waals surface area contributed by atoms with Crippen molar-refractivity contribution in [3.05, 3.63) is 57.9 Å². The van der Waals surface area contributed by atoms with Crippen molar-refractivity contribution >= 4 is 34.5 Å². The Hall–Kier alpha value is -3.19. The van der Waals surface area contributed by atoms with Crippen LogP contribution in [0.5, 0.6) is 5.75 Å². The number of thiazole rings is 1. The molecule has 166 valence electrons. The van der Waals surface area contributed by atoms with Crippen molar-refractivity contribution in [2.75, 3.05) is 23.4 Å². The van der Waals surface area contributed by atoms with Crippen LogP contribution in [0.4, 0.5) is 11.4 Å².